The van der Waals surface area contributed by atoms with Crippen LogP contribution in [0.3, 0.4) is 0 Å². The van der Waals surface area contributed by atoms with Gasteiger partial charge in [0.15, 0.2) is 9.84 Å². The van der Waals surface area contributed by atoms with E-state index in [4.69, 9.17) is 17.3 Å². The van der Waals surface area contributed by atoms with E-state index in [0.29, 0.717) is 24.7 Å². The first-order valence-electron chi connectivity index (χ1n) is 6.33. The van der Waals surface area contributed by atoms with E-state index in [-0.39, 0.29) is 17.5 Å². The fraction of sp³-hybridized carbons (Fsp3) is 0.538. The minimum Gasteiger partial charge on any atom is -0.326 e. The lowest BCUT2D eigenvalue weighted by molar-refractivity contribution is 0.218. The molecule has 1 aromatic rings. The van der Waals surface area contributed by atoms with Crippen LogP contribution < -0.4 is 5.73 Å². The average molecular weight is 303 g/mol. The van der Waals surface area contributed by atoms with Crippen molar-refractivity contribution in [2.45, 2.75) is 26.1 Å². The lowest BCUT2D eigenvalue weighted by Gasteiger charge is -2.33. The molecule has 0 amide bonds. The Balaban J connectivity index is 2.09. The predicted octanol–water partition coefficient (Wildman–Crippen LogP) is 1.42. The highest BCUT2D eigenvalue weighted by atomic mass is 35.5. The molecule has 1 heterocycles. The number of hydrogen-bond donors (Lipinski definition) is 1. The van der Waals surface area contributed by atoms with Gasteiger partial charge in [-0.2, -0.15) is 0 Å². The zero-order chi connectivity index (χ0) is 14.0. The third-order valence-electron chi connectivity index (χ3n) is 3.53. The molecule has 2 N–H and O–H groups in total. The fourth-order valence-corrected chi connectivity index (χ4v) is 4.22. The summed E-state index contributed by atoms with van der Waals surface area (Å²) in [5.74, 6) is 0.460. The number of nitrogens with zero attached hydrogens (tertiary/aromatic N) is 1. The molecule has 1 atom stereocenters. The average Bonchev–Trinajstić information content (AvgIpc) is 2.34. The Morgan fingerprint density at radius 1 is 1.47 bits per heavy atom. The number of rotatable bonds is 3. The van der Waals surface area contributed by atoms with Gasteiger partial charge in [0.05, 0.1) is 11.5 Å². The highest BCUT2D eigenvalue weighted by Crippen LogP contribution is 2.22. The van der Waals surface area contributed by atoms with Gasteiger partial charge in [-0.05, 0) is 24.1 Å². The molecule has 1 unspecified atom stereocenters. The number of benzene rings is 1. The zero-order valence-corrected chi connectivity index (χ0v) is 12.5. The van der Waals surface area contributed by atoms with Crippen molar-refractivity contribution in [3.05, 3.63) is 34.3 Å². The zero-order valence-electron chi connectivity index (χ0n) is 11.0. The molecular weight excluding hydrogens is 284 g/mol. The summed E-state index contributed by atoms with van der Waals surface area (Å²) >= 11 is 6.23. The van der Waals surface area contributed by atoms with Crippen LogP contribution in [0, 0.1) is 0 Å². The van der Waals surface area contributed by atoms with Crippen molar-refractivity contribution in [2.75, 3.05) is 18.1 Å². The van der Waals surface area contributed by atoms with Crippen LogP contribution in [0.2, 0.25) is 5.02 Å². The maximum atomic E-state index is 11.5. The van der Waals surface area contributed by atoms with Gasteiger partial charge in [-0.1, -0.05) is 23.7 Å². The van der Waals surface area contributed by atoms with Crippen molar-refractivity contribution in [2.24, 2.45) is 5.73 Å². The van der Waals surface area contributed by atoms with E-state index in [1.54, 1.807) is 0 Å². The standard InChI is InChI=1S/C13H19ClN2O2S/c1-10-9-19(17,18)5-4-16(10)8-12-3-2-11(7-15)6-13(12)14/h2-3,6,10H,4-5,7-9,15H2,1H3. The monoisotopic (exact) mass is 302 g/mol. The van der Waals surface area contributed by atoms with E-state index in [2.05, 4.69) is 4.90 Å². The highest BCUT2D eigenvalue weighted by molar-refractivity contribution is 7.91. The Bertz CT molecular complexity index is 560. The molecule has 0 bridgehead atoms. The lowest BCUT2D eigenvalue weighted by atomic mass is 10.1. The quantitative estimate of drug-likeness (QED) is 0.917. The predicted molar refractivity (Wildman–Crippen MR) is 77.9 cm³/mol. The molecule has 1 aliphatic heterocycles. The summed E-state index contributed by atoms with van der Waals surface area (Å²) in [4.78, 5) is 2.16. The molecular formula is C13H19ClN2O2S. The second kappa shape index (κ2) is 5.79. The van der Waals surface area contributed by atoms with Crippen LogP contribution in [0.25, 0.3) is 0 Å². The number of halogens is 1. The van der Waals surface area contributed by atoms with Crippen LogP contribution in [0.15, 0.2) is 18.2 Å². The molecule has 106 valence electrons. The first-order valence-corrected chi connectivity index (χ1v) is 8.53. The minimum atomic E-state index is -2.87. The van der Waals surface area contributed by atoms with Crippen molar-refractivity contribution < 1.29 is 8.42 Å². The number of sulfone groups is 1. The van der Waals surface area contributed by atoms with Crippen molar-refractivity contribution >= 4 is 21.4 Å². The topological polar surface area (TPSA) is 63.4 Å². The van der Waals surface area contributed by atoms with Gasteiger partial charge in [0, 0.05) is 30.7 Å². The summed E-state index contributed by atoms with van der Waals surface area (Å²) in [6.45, 7) is 3.66. The number of nitrogens with two attached hydrogens (primary N) is 1. The summed E-state index contributed by atoms with van der Waals surface area (Å²) in [6.07, 6.45) is 0. The largest absolute Gasteiger partial charge is 0.326 e. The van der Waals surface area contributed by atoms with Crippen molar-refractivity contribution in [1.82, 2.24) is 4.90 Å². The first kappa shape index (κ1) is 14.8. The van der Waals surface area contributed by atoms with E-state index >= 15 is 0 Å². The maximum Gasteiger partial charge on any atom is 0.153 e. The Morgan fingerprint density at radius 3 is 2.79 bits per heavy atom. The highest BCUT2D eigenvalue weighted by Gasteiger charge is 2.28. The summed E-state index contributed by atoms with van der Waals surface area (Å²) in [6, 6.07) is 5.85. The molecule has 0 aliphatic carbocycles. The van der Waals surface area contributed by atoms with Gasteiger partial charge >= 0.3 is 0 Å². The maximum absolute atomic E-state index is 11.5. The molecule has 1 aliphatic rings. The van der Waals surface area contributed by atoms with Crippen molar-refractivity contribution in [3.63, 3.8) is 0 Å². The molecule has 2 rings (SSSR count). The van der Waals surface area contributed by atoms with Gasteiger partial charge in [-0.25, -0.2) is 8.42 Å². The van der Waals surface area contributed by atoms with Gasteiger partial charge in [0.2, 0.25) is 0 Å². The molecule has 0 radical (unpaired) electrons. The summed E-state index contributed by atoms with van der Waals surface area (Å²) < 4.78 is 23.1. The molecule has 0 aromatic heterocycles. The second-order valence-electron chi connectivity index (χ2n) is 5.06. The molecule has 0 spiro atoms. The van der Waals surface area contributed by atoms with Crippen LogP contribution in [-0.4, -0.2) is 37.4 Å². The molecule has 1 aromatic carbocycles. The minimum absolute atomic E-state index is 0.0315. The fourth-order valence-electron chi connectivity index (χ4n) is 2.33. The molecule has 0 saturated carbocycles. The van der Waals surface area contributed by atoms with Gasteiger partial charge < -0.3 is 5.73 Å². The van der Waals surface area contributed by atoms with E-state index in [1.165, 1.54) is 0 Å². The Hall–Kier alpha value is -0.620. The summed E-state index contributed by atoms with van der Waals surface area (Å²) in [5.41, 5.74) is 7.59. The molecule has 1 saturated heterocycles. The van der Waals surface area contributed by atoms with Gasteiger partial charge in [0.1, 0.15) is 0 Å². The van der Waals surface area contributed by atoms with Crippen LogP contribution >= 0.6 is 11.6 Å². The van der Waals surface area contributed by atoms with E-state index in [0.717, 1.165) is 11.1 Å². The SMILES string of the molecule is CC1CS(=O)(=O)CCN1Cc1ccc(CN)cc1Cl. The number of hydrogen-bond acceptors (Lipinski definition) is 4. The summed E-state index contributed by atoms with van der Waals surface area (Å²) in [5, 5.41) is 0.698. The van der Waals surface area contributed by atoms with E-state index < -0.39 is 9.84 Å². The Morgan fingerprint density at radius 2 is 2.21 bits per heavy atom. The van der Waals surface area contributed by atoms with Crippen LogP contribution in [-0.2, 0) is 22.9 Å². The van der Waals surface area contributed by atoms with Crippen LogP contribution in [0.1, 0.15) is 18.1 Å². The first-order chi connectivity index (χ1) is 8.91. The second-order valence-corrected chi connectivity index (χ2v) is 7.70. The molecule has 1 fully saturated rings. The molecule has 19 heavy (non-hydrogen) atoms. The third kappa shape index (κ3) is 3.69. The smallest absolute Gasteiger partial charge is 0.153 e. The van der Waals surface area contributed by atoms with E-state index in [1.807, 2.05) is 25.1 Å². The Labute approximate surface area is 119 Å². The van der Waals surface area contributed by atoms with Crippen LogP contribution in [0.5, 0.6) is 0 Å². The third-order valence-corrected chi connectivity index (χ3v) is 5.68. The lowest BCUT2D eigenvalue weighted by Crippen LogP contribution is -2.46. The Kier molecular flexibility index (Phi) is 4.50. The molecule has 6 heteroatoms. The van der Waals surface area contributed by atoms with Crippen molar-refractivity contribution in [3.8, 4) is 0 Å². The van der Waals surface area contributed by atoms with Crippen LogP contribution in [0.4, 0.5) is 0 Å². The normalized spacial score (nSPS) is 23.4. The molecule has 4 nitrogen and oxygen atoms in total. The van der Waals surface area contributed by atoms with Gasteiger partial charge in [-0.3, -0.25) is 4.90 Å². The van der Waals surface area contributed by atoms with Crippen molar-refractivity contribution in [1.29, 1.82) is 0 Å². The van der Waals surface area contributed by atoms with Gasteiger partial charge in [-0.15, -0.1) is 0 Å². The van der Waals surface area contributed by atoms with Gasteiger partial charge in [0.25, 0.3) is 0 Å². The van der Waals surface area contributed by atoms with E-state index in [9.17, 15) is 8.42 Å². The summed E-state index contributed by atoms with van der Waals surface area (Å²) in [7, 11) is -2.87.